The molecular weight excluding hydrogens is 262 g/mol. The van der Waals surface area contributed by atoms with Crippen molar-refractivity contribution in [2.75, 3.05) is 39.3 Å². The zero-order valence-corrected chi connectivity index (χ0v) is 13.3. The van der Waals surface area contributed by atoms with Crippen LogP contribution in [0.1, 0.15) is 25.0 Å². The molecule has 0 saturated carbocycles. The molecule has 1 heterocycles. The molecule has 1 aliphatic rings. The molecule has 21 heavy (non-hydrogen) atoms. The largest absolute Gasteiger partial charge is 0.355 e. The van der Waals surface area contributed by atoms with Gasteiger partial charge in [0.2, 0.25) is 5.91 Å². The number of piperazine rings is 1. The molecule has 0 radical (unpaired) electrons. The maximum atomic E-state index is 10.9. The number of nitrogens with one attached hydrogen (secondary N) is 1. The Labute approximate surface area is 128 Å². The summed E-state index contributed by atoms with van der Waals surface area (Å²) in [7, 11) is 0. The second kappa shape index (κ2) is 8.15. The van der Waals surface area contributed by atoms with Gasteiger partial charge in [-0.1, -0.05) is 31.2 Å². The fourth-order valence-corrected chi connectivity index (χ4v) is 2.77. The fourth-order valence-electron chi connectivity index (χ4n) is 2.77. The van der Waals surface area contributed by atoms with Gasteiger partial charge in [-0.15, -0.1) is 0 Å². The molecule has 0 spiro atoms. The van der Waals surface area contributed by atoms with E-state index >= 15 is 0 Å². The van der Waals surface area contributed by atoms with Gasteiger partial charge in [0.15, 0.2) is 0 Å². The van der Waals surface area contributed by atoms with E-state index < -0.39 is 0 Å². The quantitative estimate of drug-likeness (QED) is 0.862. The predicted octanol–water partition coefficient (Wildman–Crippen LogP) is 1.50. The molecule has 4 nitrogen and oxygen atoms in total. The van der Waals surface area contributed by atoms with Gasteiger partial charge in [0.25, 0.3) is 0 Å². The topological polar surface area (TPSA) is 35.6 Å². The molecule has 0 bridgehead atoms. The first-order chi connectivity index (χ1) is 10.2. The number of nitrogens with zero attached hydrogens (tertiary/aromatic N) is 2. The average Bonchev–Trinajstić information content (AvgIpc) is 2.49. The smallest absolute Gasteiger partial charge is 0.216 e. The van der Waals surface area contributed by atoms with Crippen molar-refractivity contribution in [1.82, 2.24) is 15.1 Å². The first kappa shape index (κ1) is 16.0. The van der Waals surface area contributed by atoms with Crippen LogP contribution in [0.15, 0.2) is 24.3 Å². The Morgan fingerprint density at radius 3 is 2.48 bits per heavy atom. The van der Waals surface area contributed by atoms with Gasteiger partial charge in [0, 0.05) is 52.7 Å². The summed E-state index contributed by atoms with van der Waals surface area (Å²) in [5, 5.41) is 2.86. The number of hydrogen-bond acceptors (Lipinski definition) is 3. The Bertz CT molecular complexity index is 453. The summed E-state index contributed by atoms with van der Waals surface area (Å²) >= 11 is 0. The lowest BCUT2D eigenvalue weighted by atomic mass is 10.1. The molecule has 0 unspecified atom stereocenters. The van der Waals surface area contributed by atoms with Crippen LogP contribution in [0.2, 0.25) is 0 Å². The highest BCUT2D eigenvalue weighted by molar-refractivity contribution is 5.72. The zero-order chi connectivity index (χ0) is 15.1. The van der Waals surface area contributed by atoms with E-state index in [2.05, 4.69) is 46.3 Å². The van der Waals surface area contributed by atoms with Crippen LogP contribution in [-0.2, 0) is 17.8 Å². The fraction of sp³-hybridized carbons (Fsp3) is 0.588. The van der Waals surface area contributed by atoms with Crippen molar-refractivity contribution in [3.8, 4) is 0 Å². The lowest BCUT2D eigenvalue weighted by Crippen LogP contribution is -2.47. The van der Waals surface area contributed by atoms with E-state index in [-0.39, 0.29) is 5.91 Å². The highest BCUT2D eigenvalue weighted by atomic mass is 16.1. The van der Waals surface area contributed by atoms with Gasteiger partial charge in [-0.25, -0.2) is 0 Å². The van der Waals surface area contributed by atoms with Gasteiger partial charge < -0.3 is 5.32 Å². The van der Waals surface area contributed by atoms with Crippen LogP contribution in [0.25, 0.3) is 0 Å². The van der Waals surface area contributed by atoms with E-state index in [1.54, 1.807) is 6.92 Å². The van der Waals surface area contributed by atoms with Gasteiger partial charge >= 0.3 is 0 Å². The molecular formula is C17H27N3O. The van der Waals surface area contributed by atoms with Crippen molar-refractivity contribution in [3.63, 3.8) is 0 Å². The van der Waals surface area contributed by atoms with E-state index in [0.717, 1.165) is 52.2 Å². The number of hydrogen-bond donors (Lipinski definition) is 1. The summed E-state index contributed by atoms with van der Waals surface area (Å²) in [5.74, 6) is 0.0597. The summed E-state index contributed by atoms with van der Waals surface area (Å²) in [6.45, 7) is 10.9. The van der Waals surface area contributed by atoms with Crippen LogP contribution in [0.4, 0.5) is 0 Å². The minimum atomic E-state index is 0.0597. The van der Waals surface area contributed by atoms with E-state index in [9.17, 15) is 4.79 Å². The summed E-state index contributed by atoms with van der Waals surface area (Å²) in [4.78, 5) is 15.8. The highest BCUT2D eigenvalue weighted by Crippen LogP contribution is 2.11. The Morgan fingerprint density at radius 2 is 1.81 bits per heavy atom. The van der Waals surface area contributed by atoms with Crippen molar-refractivity contribution in [2.45, 2.75) is 26.8 Å². The maximum absolute atomic E-state index is 10.9. The van der Waals surface area contributed by atoms with Crippen molar-refractivity contribution >= 4 is 5.91 Å². The second-order valence-corrected chi connectivity index (χ2v) is 5.77. The van der Waals surface area contributed by atoms with E-state index in [1.165, 1.54) is 11.1 Å². The third kappa shape index (κ3) is 5.48. The van der Waals surface area contributed by atoms with Gasteiger partial charge in [0.05, 0.1) is 0 Å². The van der Waals surface area contributed by atoms with Crippen LogP contribution < -0.4 is 5.32 Å². The molecule has 1 fully saturated rings. The Balaban J connectivity index is 1.72. The Hall–Kier alpha value is -1.39. The third-order valence-electron chi connectivity index (χ3n) is 4.07. The number of amides is 1. The maximum Gasteiger partial charge on any atom is 0.216 e. The van der Waals surface area contributed by atoms with E-state index in [0.29, 0.717) is 0 Å². The van der Waals surface area contributed by atoms with Crippen LogP contribution in [0, 0.1) is 0 Å². The average molecular weight is 289 g/mol. The molecule has 1 N–H and O–H groups in total. The molecule has 1 aromatic rings. The Morgan fingerprint density at radius 1 is 1.14 bits per heavy atom. The van der Waals surface area contributed by atoms with Crippen molar-refractivity contribution in [2.24, 2.45) is 0 Å². The molecule has 0 aliphatic carbocycles. The van der Waals surface area contributed by atoms with Gasteiger partial charge in [-0.05, 0) is 17.5 Å². The monoisotopic (exact) mass is 289 g/mol. The summed E-state index contributed by atoms with van der Waals surface area (Å²) in [5.41, 5.74) is 2.84. The predicted molar refractivity (Wildman–Crippen MR) is 86.2 cm³/mol. The van der Waals surface area contributed by atoms with Crippen molar-refractivity contribution in [3.05, 3.63) is 35.4 Å². The molecule has 4 heteroatoms. The second-order valence-electron chi connectivity index (χ2n) is 5.77. The summed E-state index contributed by atoms with van der Waals surface area (Å²) < 4.78 is 0. The molecule has 1 aromatic carbocycles. The van der Waals surface area contributed by atoms with E-state index in [1.807, 2.05) is 0 Å². The number of carbonyl (C=O) groups is 1. The van der Waals surface area contributed by atoms with Crippen molar-refractivity contribution in [1.29, 1.82) is 0 Å². The molecule has 1 saturated heterocycles. The van der Waals surface area contributed by atoms with Crippen LogP contribution in [0.5, 0.6) is 0 Å². The number of carbonyl (C=O) groups excluding carboxylic acids is 1. The van der Waals surface area contributed by atoms with Crippen LogP contribution in [0.3, 0.4) is 0 Å². The number of rotatable bonds is 6. The molecule has 0 atom stereocenters. The van der Waals surface area contributed by atoms with Crippen LogP contribution in [-0.4, -0.2) is 55.0 Å². The lowest BCUT2D eigenvalue weighted by molar-refractivity contribution is -0.119. The molecule has 2 rings (SSSR count). The number of aryl methyl sites for hydroxylation is 1. The minimum Gasteiger partial charge on any atom is -0.355 e. The Kier molecular flexibility index (Phi) is 6.21. The zero-order valence-electron chi connectivity index (χ0n) is 13.3. The SMILES string of the molecule is CCc1cccc(CN2CCN(CCNC(C)=O)CC2)c1. The number of benzene rings is 1. The van der Waals surface area contributed by atoms with Gasteiger partial charge in [0.1, 0.15) is 0 Å². The molecule has 1 aliphatic heterocycles. The van der Waals surface area contributed by atoms with Crippen molar-refractivity contribution < 1.29 is 4.79 Å². The lowest BCUT2D eigenvalue weighted by Gasteiger charge is -2.34. The first-order valence-corrected chi connectivity index (χ1v) is 7.94. The summed E-state index contributed by atoms with van der Waals surface area (Å²) in [6.07, 6.45) is 1.10. The summed E-state index contributed by atoms with van der Waals surface area (Å²) in [6, 6.07) is 8.91. The van der Waals surface area contributed by atoms with Gasteiger partial charge in [-0.2, -0.15) is 0 Å². The standard InChI is InChI=1S/C17H27N3O/c1-3-16-5-4-6-17(13-16)14-20-11-9-19(10-12-20)8-7-18-15(2)21/h4-6,13H,3,7-12,14H2,1-2H3,(H,18,21). The molecule has 1 amide bonds. The highest BCUT2D eigenvalue weighted by Gasteiger charge is 2.16. The minimum absolute atomic E-state index is 0.0597. The first-order valence-electron chi connectivity index (χ1n) is 7.94. The third-order valence-corrected chi connectivity index (χ3v) is 4.07. The molecule has 116 valence electrons. The van der Waals surface area contributed by atoms with E-state index in [4.69, 9.17) is 0 Å². The van der Waals surface area contributed by atoms with Crippen LogP contribution >= 0.6 is 0 Å². The normalized spacial score (nSPS) is 16.9. The molecule has 0 aromatic heterocycles. The van der Waals surface area contributed by atoms with Gasteiger partial charge in [-0.3, -0.25) is 14.6 Å².